The summed E-state index contributed by atoms with van der Waals surface area (Å²) >= 11 is 0. The molecule has 1 aromatic heterocycles. The molecule has 136 valence electrons. The third kappa shape index (κ3) is 6.90. The largest absolute Gasteiger partial charge is 0.506 e. The van der Waals surface area contributed by atoms with Crippen molar-refractivity contribution in [1.29, 1.82) is 0 Å². The molecule has 4 heteroatoms. The van der Waals surface area contributed by atoms with E-state index in [1.54, 1.807) is 6.92 Å². The Labute approximate surface area is 147 Å². The normalized spacial score (nSPS) is 10.8. The summed E-state index contributed by atoms with van der Waals surface area (Å²) in [7, 11) is 0. The molecule has 0 aliphatic heterocycles. The highest BCUT2D eigenvalue weighted by atomic mass is 16.3. The topological polar surface area (TPSA) is 62.2 Å². The van der Waals surface area contributed by atoms with Crippen LogP contribution in [0.4, 0.5) is 5.82 Å². The number of hydrogen-bond donors (Lipinski definition) is 2. The van der Waals surface area contributed by atoms with E-state index in [0.29, 0.717) is 17.9 Å². The highest BCUT2D eigenvalue weighted by molar-refractivity contribution is 5.90. The Bertz CT molecular complexity index is 527. The van der Waals surface area contributed by atoms with Crippen LogP contribution in [0.5, 0.6) is 5.75 Å². The van der Waals surface area contributed by atoms with E-state index >= 15 is 0 Å². The van der Waals surface area contributed by atoms with E-state index in [1.807, 2.05) is 13.8 Å². The van der Waals surface area contributed by atoms with Crippen molar-refractivity contribution < 1.29 is 9.90 Å². The summed E-state index contributed by atoms with van der Waals surface area (Å²) in [5.74, 6) is 0.797. The van der Waals surface area contributed by atoms with Crippen LogP contribution in [-0.2, 0) is 4.79 Å². The van der Waals surface area contributed by atoms with Gasteiger partial charge in [0.25, 0.3) is 0 Å². The number of rotatable bonds is 11. The van der Waals surface area contributed by atoms with Gasteiger partial charge in [-0.25, -0.2) is 4.98 Å². The highest BCUT2D eigenvalue weighted by Crippen LogP contribution is 2.27. The molecule has 0 saturated heterocycles. The summed E-state index contributed by atoms with van der Waals surface area (Å²) in [5.41, 5.74) is 2.16. The Morgan fingerprint density at radius 2 is 1.46 bits per heavy atom. The molecule has 2 N–H and O–H groups in total. The van der Waals surface area contributed by atoms with Crippen LogP contribution in [0.1, 0.15) is 88.0 Å². The van der Waals surface area contributed by atoms with Gasteiger partial charge in [-0.15, -0.1) is 0 Å². The molecule has 0 fully saturated rings. The predicted molar refractivity (Wildman–Crippen MR) is 101 cm³/mol. The number of nitrogens with zero attached hydrogens (tertiary/aromatic N) is 1. The third-order valence-electron chi connectivity index (χ3n) is 4.66. The van der Waals surface area contributed by atoms with Crippen molar-refractivity contribution in [2.75, 3.05) is 5.32 Å². The Balaban J connectivity index is 2.23. The SMILES string of the molecule is CCCCCCCCCCCC(=O)Nc1nc(C)c(O)c(C)c1C. The van der Waals surface area contributed by atoms with Gasteiger partial charge in [-0.3, -0.25) is 4.79 Å². The molecule has 0 unspecified atom stereocenters. The van der Waals surface area contributed by atoms with Crippen LogP contribution in [-0.4, -0.2) is 16.0 Å². The first-order valence-corrected chi connectivity index (χ1v) is 9.44. The van der Waals surface area contributed by atoms with E-state index < -0.39 is 0 Å². The number of pyridine rings is 1. The number of unbranched alkanes of at least 4 members (excludes halogenated alkanes) is 8. The molecular weight excluding hydrogens is 300 g/mol. The smallest absolute Gasteiger partial charge is 0.225 e. The number of aromatic nitrogens is 1. The fraction of sp³-hybridized carbons (Fsp3) is 0.700. The molecule has 1 heterocycles. The number of anilines is 1. The van der Waals surface area contributed by atoms with E-state index in [4.69, 9.17) is 0 Å². The van der Waals surface area contributed by atoms with Gasteiger partial charge in [0.1, 0.15) is 11.6 Å². The summed E-state index contributed by atoms with van der Waals surface area (Å²) < 4.78 is 0. The van der Waals surface area contributed by atoms with Gasteiger partial charge in [-0.2, -0.15) is 0 Å². The summed E-state index contributed by atoms with van der Waals surface area (Å²) in [6.45, 7) is 7.70. The van der Waals surface area contributed by atoms with Crippen LogP contribution < -0.4 is 5.32 Å². The maximum Gasteiger partial charge on any atom is 0.225 e. The average molecular weight is 335 g/mol. The maximum absolute atomic E-state index is 12.1. The van der Waals surface area contributed by atoms with E-state index in [0.717, 1.165) is 24.0 Å². The van der Waals surface area contributed by atoms with Crippen LogP contribution in [0.3, 0.4) is 0 Å². The monoisotopic (exact) mass is 334 g/mol. The minimum absolute atomic E-state index is 0.0121. The molecule has 4 nitrogen and oxygen atoms in total. The zero-order chi connectivity index (χ0) is 17.9. The third-order valence-corrected chi connectivity index (χ3v) is 4.66. The molecule has 1 amide bonds. The van der Waals surface area contributed by atoms with Crippen molar-refractivity contribution in [1.82, 2.24) is 4.98 Å². The summed E-state index contributed by atoms with van der Waals surface area (Å²) in [6.07, 6.45) is 11.7. The zero-order valence-corrected chi connectivity index (χ0v) is 15.9. The molecular formula is C20H34N2O2. The lowest BCUT2D eigenvalue weighted by Crippen LogP contribution is -2.14. The lowest BCUT2D eigenvalue weighted by atomic mass is 10.1. The molecule has 0 saturated carbocycles. The second kappa shape index (κ2) is 11.1. The predicted octanol–water partition coefficient (Wildman–Crippen LogP) is 5.57. The fourth-order valence-electron chi connectivity index (χ4n) is 2.84. The highest BCUT2D eigenvalue weighted by Gasteiger charge is 2.12. The van der Waals surface area contributed by atoms with Crippen molar-refractivity contribution in [3.8, 4) is 5.75 Å². The molecule has 0 aromatic carbocycles. The summed E-state index contributed by atoms with van der Waals surface area (Å²) in [6, 6.07) is 0. The van der Waals surface area contributed by atoms with Gasteiger partial charge in [0.2, 0.25) is 5.91 Å². The average Bonchev–Trinajstić information content (AvgIpc) is 2.56. The molecule has 0 aliphatic rings. The van der Waals surface area contributed by atoms with Crippen LogP contribution in [0, 0.1) is 20.8 Å². The minimum atomic E-state index is 0.0121. The summed E-state index contributed by atoms with van der Waals surface area (Å²) in [4.78, 5) is 16.4. The zero-order valence-electron chi connectivity index (χ0n) is 15.9. The number of nitrogens with one attached hydrogen (secondary N) is 1. The van der Waals surface area contributed by atoms with Crippen molar-refractivity contribution in [3.05, 3.63) is 16.8 Å². The van der Waals surface area contributed by atoms with Crippen molar-refractivity contribution in [2.45, 2.75) is 91.9 Å². The number of aromatic hydroxyl groups is 1. The Kier molecular flexibility index (Phi) is 9.43. The molecule has 0 bridgehead atoms. The number of amides is 1. The molecule has 0 radical (unpaired) electrons. The first kappa shape index (κ1) is 20.5. The number of hydrogen-bond acceptors (Lipinski definition) is 3. The van der Waals surface area contributed by atoms with E-state index in [9.17, 15) is 9.90 Å². The molecule has 1 aromatic rings. The molecule has 24 heavy (non-hydrogen) atoms. The Hall–Kier alpha value is -1.58. The maximum atomic E-state index is 12.1. The first-order chi connectivity index (χ1) is 11.5. The first-order valence-electron chi connectivity index (χ1n) is 9.44. The van der Waals surface area contributed by atoms with Gasteiger partial charge in [-0.05, 0) is 38.3 Å². The van der Waals surface area contributed by atoms with Gasteiger partial charge in [0.05, 0.1) is 5.69 Å². The lowest BCUT2D eigenvalue weighted by molar-refractivity contribution is -0.116. The van der Waals surface area contributed by atoms with E-state index in [2.05, 4.69) is 17.2 Å². The van der Waals surface area contributed by atoms with Crippen LogP contribution in [0.15, 0.2) is 0 Å². The standard InChI is InChI=1S/C20H34N2O2/c1-5-6-7-8-9-10-11-12-13-14-18(23)22-20-16(3)15(2)19(24)17(4)21-20/h24H,5-14H2,1-4H3,(H,21,22,23). The van der Waals surface area contributed by atoms with Gasteiger partial charge in [0.15, 0.2) is 0 Å². The lowest BCUT2D eigenvalue weighted by Gasteiger charge is -2.12. The van der Waals surface area contributed by atoms with Gasteiger partial charge < -0.3 is 10.4 Å². The van der Waals surface area contributed by atoms with Gasteiger partial charge >= 0.3 is 0 Å². The van der Waals surface area contributed by atoms with Crippen LogP contribution in [0.25, 0.3) is 0 Å². The minimum Gasteiger partial charge on any atom is -0.506 e. The van der Waals surface area contributed by atoms with E-state index in [-0.39, 0.29) is 11.7 Å². The fourth-order valence-corrected chi connectivity index (χ4v) is 2.84. The molecule has 1 rings (SSSR count). The second-order valence-electron chi connectivity index (χ2n) is 6.77. The quantitative estimate of drug-likeness (QED) is 0.520. The van der Waals surface area contributed by atoms with Crippen molar-refractivity contribution >= 4 is 11.7 Å². The van der Waals surface area contributed by atoms with E-state index in [1.165, 1.54) is 44.9 Å². The summed E-state index contributed by atoms with van der Waals surface area (Å²) in [5, 5.41) is 12.7. The number of carbonyl (C=O) groups excluding carboxylic acids is 1. The molecule has 0 atom stereocenters. The van der Waals surface area contributed by atoms with Crippen molar-refractivity contribution in [3.63, 3.8) is 0 Å². The molecule has 0 aliphatic carbocycles. The van der Waals surface area contributed by atoms with Crippen molar-refractivity contribution in [2.24, 2.45) is 0 Å². The van der Waals surface area contributed by atoms with Crippen LogP contribution in [0.2, 0.25) is 0 Å². The Morgan fingerprint density at radius 1 is 0.917 bits per heavy atom. The number of carbonyl (C=O) groups is 1. The number of aryl methyl sites for hydroxylation is 1. The van der Waals surface area contributed by atoms with Crippen LogP contribution >= 0.6 is 0 Å². The van der Waals surface area contributed by atoms with Gasteiger partial charge in [-0.1, -0.05) is 58.3 Å². The van der Waals surface area contributed by atoms with Gasteiger partial charge in [0, 0.05) is 6.42 Å². The molecule has 0 spiro atoms. The Morgan fingerprint density at radius 3 is 2.04 bits per heavy atom. The second-order valence-corrected chi connectivity index (χ2v) is 6.77.